The van der Waals surface area contributed by atoms with Crippen molar-refractivity contribution < 1.29 is 4.52 Å². The Bertz CT molecular complexity index is 823. The van der Waals surface area contributed by atoms with Crippen LogP contribution in [-0.2, 0) is 0 Å². The summed E-state index contributed by atoms with van der Waals surface area (Å²) in [6.07, 6.45) is 3.10. The highest BCUT2D eigenvalue weighted by atomic mass is 35.5. The molecule has 0 radical (unpaired) electrons. The number of nitrogen functional groups attached to an aromatic ring is 1. The maximum absolute atomic E-state index is 11.9. The molecule has 0 fully saturated rings. The second kappa shape index (κ2) is 4.86. The van der Waals surface area contributed by atoms with Gasteiger partial charge in [0, 0.05) is 23.5 Å². The number of hydrogen-bond donors (Lipinski definition) is 2. The van der Waals surface area contributed by atoms with Crippen LogP contribution in [0.1, 0.15) is 0 Å². The first-order valence-electron chi connectivity index (χ1n) is 5.85. The van der Waals surface area contributed by atoms with Crippen molar-refractivity contribution in [3.05, 3.63) is 58.0 Å². The molecule has 3 N–H and O–H groups in total. The monoisotopic (exact) mass is 287 g/mol. The number of anilines is 1. The van der Waals surface area contributed by atoms with Gasteiger partial charge in [0.2, 0.25) is 0 Å². The molecule has 5 nitrogen and oxygen atoms in total. The molecule has 6 heteroatoms. The second-order valence-electron chi connectivity index (χ2n) is 4.20. The van der Waals surface area contributed by atoms with Gasteiger partial charge in [0.25, 0.3) is 0 Å². The molecule has 1 aromatic carbocycles. The summed E-state index contributed by atoms with van der Waals surface area (Å²) in [6, 6.07) is 8.53. The van der Waals surface area contributed by atoms with Crippen LogP contribution in [0, 0.1) is 0 Å². The number of aromatic nitrogens is 2. The van der Waals surface area contributed by atoms with E-state index in [-0.39, 0.29) is 11.2 Å². The topological polar surface area (TPSA) is 84.9 Å². The quantitative estimate of drug-likeness (QED) is 0.759. The predicted octanol–water partition coefficient (Wildman–Crippen LogP) is 2.93. The highest BCUT2D eigenvalue weighted by Crippen LogP contribution is 2.35. The minimum Gasteiger partial charge on any atom is -0.380 e. The van der Waals surface area contributed by atoms with Gasteiger partial charge in [-0.15, -0.1) is 0 Å². The zero-order valence-corrected chi connectivity index (χ0v) is 11.0. The van der Waals surface area contributed by atoms with E-state index in [2.05, 4.69) is 10.1 Å². The van der Waals surface area contributed by atoms with Crippen LogP contribution >= 0.6 is 11.6 Å². The molecule has 0 saturated carbocycles. The van der Waals surface area contributed by atoms with Crippen LogP contribution in [0.4, 0.5) is 5.82 Å². The molecule has 20 heavy (non-hydrogen) atoms. The zero-order valence-electron chi connectivity index (χ0n) is 10.3. The molecule has 2 heterocycles. The first kappa shape index (κ1) is 12.5. The van der Waals surface area contributed by atoms with Gasteiger partial charge in [0.15, 0.2) is 17.0 Å². The minimum absolute atomic E-state index is 0.178. The Morgan fingerprint density at radius 1 is 1.30 bits per heavy atom. The Balaban J connectivity index is 2.26. The molecular weight excluding hydrogens is 278 g/mol. The van der Waals surface area contributed by atoms with Gasteiger partial charge in [-0.1, -0.05) is 28.9 Å². The lowest BCUT2D eigenvalue weighted by molar-refractivity contribution is 0.435. The lowest BCUT2D eigenvalue weighted by Gasteiger charge is -2.02. The normalized spacial score (nSPS) is 10.7. The number of halogens is 1. The SMILES string of the molecule is Nc1noc(-c2c[nH]ccc2=O)c1-c1cccc(Cl)c1. The molecule has 3 aromatic rings. The van der Waals surface area contributed by atoms with Crippen molar-refractivity contribution in [2.75, 3.05) is 5.73 Å². The van der Waals surface area contributed by atoms with Crippen molar-refractivity contribution in [2.24, 2.45) is 0 Å². The summed E-state index contributed by atoms with van der Waals surface area (Å²) in [7, 11) is 0. The highest BCUT2D eigenvalue weighted by molar-refractivity contribution is 6.30. The van der Waals surface area contributed by atoms with Gasteiger partial charge in [0.1, 0.15) is 0 Å². The van der Waals surface area contributed by atoms with Gasteiger partial charge >= 0.3 is 0 Å². The number of H-pyrrole nitrogens is 1. The average molecular weight is 288 g/mol. The fourth-order valence-electron chi connectivity index (χ4n) is 2.00. The Morgan fingerprint density at radius 3 is 2.90 bits per heavy atom. The molecule has 0 aliphatic heterocycles. The third-order valence-corrected chi connectivity index (χ3v) is 3.14. The largest absolute Gasteiger partial charge is 0.380 e. The number of aromatic amines is 1. The number of nitrogens with one attached hydrogen (secondary N) is 1. The van der Waals surface area contributed by atoms with Crippen LogP contribution < -0.4 is 11.2 Å². The molecule has 100 valence electrons. The van der Waals surface area contributed by atoms with E-state index in [1.165, 1.54) is 6.07 Å². The number of pyridine rings is 1. The van der Waals surface area contributed by atoms with Gasteiger partial charge in [0.05, 0.1) is 11.1 Å². The molecule has 0 amide bonds. The number of nitrogens with zero attached hydrogens (tertiary/aromatic N) is 1. The first-order chi connectivity index (χ1) is 9.66. The van der Waals surface area contributed by atoms with Crippen LogP contribution in [0.15, 0.2) is 52.0 Å². The third-order valence-electron chi connectivity index (χ3n) is 2.90. The van der Waals surface area contributed by atoms with E-state index in [1.807, 2.05) is 6.07 Å². The summed E-state index contributed by atoms with van der Waals surface area (Å²) < 4.78 is 5.22. The van der Waals surface area contributed by atoms with Gasteiger partial charge in [-0.2, -0.15) is 0 Å². The number of benzene rings is 1. The lowest BCUT2D eigenvalue weighted by Crippen LogP contribution is -2.02. The van der Waals surface area contributed by atoms with Gasteiger partial charge in [-0.05, 0) is 17.7 Å². The summed E-state index contributed by atoms with van der Waals surface area (Å²) in [6.45, 7) is 0. The fourth-order valence-corrected chi connectivity index (χ4v) is 2.19. The van der Waals surface area contributed by atoms with E-state index < -0.39 is 0 Å². The molecular formula is C14H10ClN3O2. The standard InChI is InChI=1S/C14H10ClN3O2/c15-9-3-1-2-8(6-9)12-13(20-18-14(12)16)10-7-17-5-4-11(10)19/h1-7H,(H2,16,18)(H,17,19). The van der Waals surface area contributed by atoms with Crippen LogP contribution in [0.2, 0.25) is 5.02 Å². The van der Waals surface area contributed by atoms with E-state index in [4.69, 9.17) is 21.9 Å². The van der Waals surface area contributed by atoms with E-state index in [1.54, 1.807) is 30.6 Å². The lowest BCUT2D eigenvalue weighted by atomic mass is 10.0. The molecule has 0 saturated heterocycles. The van der Waals surface area contributed by atoms with Crippen LogP contribution in [-0.4, -0.2) is 10.1 Å². The molecule has 0 unspecified atom stereocenters. The molecule has 0 bridgehead atoms. The maximum Gasteiger partial charge on any atom is 0.192 e. The number of hydrogen-bond acceptors (Lipinski definition) is 4. The predicted molar refractivity (Wildman–Crippen MR) is 77.4 cm³/mol. The molecule has 3 rings (SSSR count). The molecule has 0 atom stereocenters. The van der Waals surface area contributed by atoms with Gasteiger partial charge in [-0.25, -0.2) is 0 Å². The first-order valence-corrected chi connectivity index (χ1v) is 6.23. The maximum atomic E-state index is 11.9. The van der Waals surface area contributed by atoms with Crippen LogP contribution in [0.5, 0.6) is 0 Å². The van der Waals surface area contributed by atoms with Gasteiger partial charge in [-0.3, -0.25) is 4.79 Å². The molecule has 0 spiro atoms. The van der Waals surface area contributed by atoms with Crippen LogP contribution in [0.3, 0.4) is 0 Å². The average Bonchev–Trinajstić information content (AvgIpc) is 2.81. The van der Waals surface area contributed by atoms with Crippen molar-refractivity contribution in [3.63, 3.8) is 0 Å². The van der Waals surface area contributed by atoms with Crippen molar-refractivity contribution in [1.82, 2.24) is 10.1 Å². The Hall–Kier alpha value is -2.53. The number of rotatable bonds is 2. The summed E-state index contributed by atoms with van der Waals surface area (Å²) >= 11 is 5.98. The second-order valence-corrected chi connectivity index (χ2v) is 4.64. The van der Waals surface area contributed by atoms with Crippen molar-refractivity contribution in [1.29, 1.82) is 0 Å². The minimum atomic E-state index is -0.178. The highest BCUT2D eigenvalue weighted by Gasteiger charge is 2.19. The van der Waals surface area contributed by atoms with Crippen molar-refractivity contribution in [2.45, 2.75) is 0 Å². The Labute approximate surface area is 119 Å². The molecule has 2 aromatic heterocycles. The van der Waals surface area contributed by atoms with E-state index in [0.717, 1.165) is 5.56 Å². The molecule has 0 aliphatic carbocycles. The Morgan fingerprint density at radius 2 is 2.15 bits per heavy atom. The van der Waals surface area contributed by atoms with Crippen molar-refractivity contribution >= 4 is 17.4 Å². The summed E-state index contributed by atoms with van der Waals surface area (Å²) in [4.78, 5) is 14.7. The van der Waals surface area contributed by atoms with Crippen LogP contribution in [0.25, 0.3) is 22.5 Å². The summed E-state index contributed by atoms with van der Waals surface area (Å²) in [5.41, 5.74) is 7.34. The summed E-state index contributed by atoms with van der Waals surface area (Å²) in [5.74, 6) is 0.539. The fraction of sp³-hybridized carbons (Fsp3) is 0. The Kier molecular flexibility index (Phi) is 3.04. The van der Waals surface area contributed by atoms with E-state index in [9.17, 15) is 4.79 Å². The summed E-state index contributed by atoms with van der Waals surface area (Å²) in [5, 5.41) is 4.31. The number of nitrogens with two attached hydrogens (primary N) is 1. The van der Waals surface area contributed by atoms with E-state index >= 15 is 0 Å². The third kappa shape index (κ3) is 2.08. The van der Waals surface area contributed by atoms with Gasteiger partial charge < -0.3 is 15.2 Å². The zero-order chi connectivity index (χ0) is 14.1. The smallest absolute Gasteiger partial charge is 0.192 e. The molecule has 0 aliphatic rings. The van der Waals surface area contributed by atoms with Crippen molar-refractivity contribution in [3.8, 4) is 22.5 Å². The van der Waals surface area contributed by atoms with E-state index in [0.29, 0.717) is 21.9 Å².